The first kappa shape index (κ1) is 16.4. The van der Waals surface area contributed by atoms with Gasteiger partial charge in [0.15, 0.2) is 5.13 Å². The number of thiazole rings is 1. The molecule has 1 heterocycles. The molecule has 0 unspecified atom stereocenters. The Morgan fingerprint density at radius 3 is 2.73 bits per heavy atom. The Labute approximate surface area is 133 Å². The molecule has 7 heteroatoms. The summed E-state index contributed by atoms with van der Waals surface area (Å²) in [4.78, 5) is 28.0. The average Bonchev–Trinajstić information content (AvgIpc) is 2.87. The largest absolute Gasteiger partial charge is 0.346 e. The second-order valence-electron chi connectivity index (χ2n) is 5.48. The number of benzene rings is 1. The fraction of sp³-hybridized carbons (Fsp3) is 0.400. The van der Waals surface area contributed by atoms with Gasteiger partial charge in [-0.15, -0.1) is 0 Å². The summed E-state index contributed by atoms with van der Waals surface area (Å²) >= 11 is 1.40. The molecule has 2 amide bonds. The number of nitrogens with zero attached hydrogens (tertiary/aromatic N) is 1. The van der Waals surface area contributed by atoms with Gasteiger partial charge in [0.2, 0.25) is 11.8 Å². The van der Waals surface area contributed by atoms with Crippen molar-refractivity contribution in [1.29, 1.82) is 0 Å². The minimum absolute atomic E-state index is 0.0234. The minimum Gasteiger partial charge on any atom is -0.346 e. The highest BCUT2D eigenvalue weighted by atomic mass is 32.1. The predicted molar refractivity (Wildman–Crippen MR) is 88.8 cm³/mol. The molecular formula is C15H20N4O2S. The number of hydrogen-bond acceptors (Lipinski definition) is 5. The van der Waals surface area contributed by atoms with Gasteiger partial charge in [0.1, 0.15) is 0 Å². The van der Waals surface area contributed by atoms with Crippen LogP contribution >= 0.6 is 11.3 Å². The van der Waals surface area contributed by atoms with E-state index in [-0.39, 0.29) is 24.3 Å². The van der Waals surface area contributed by atoms with Gasteiger partial charge in [-0.3, -0.25) is 9.59 Å². The van der Waals surface area contributed by atoms with Crippen LogP contribution in [0.5, 0.6) is 0 Å². The number of amides is 2. The quantitative estimate of drug-likeness (QED) is 0.780. The second kappa shape index (κ2) is 6.85. The first-order valence-corrected chi connectivity index (χ1v) is 7.89. The van der Waals surface area contributed by atoms with Gasteiger partial charge in [0, 0.05) is 0 Å². The number of rotatable bonds is 5. The molecule has 0 radical (unpaired) electrons. The van der Waals surface area contributed by atoms with E-state index in [0.29, 0.717) is 5.13 Å². The molecule has 118 valence electrons. The maximum Gasteiger partial charge on any atom is 0.245 e. The Hall–Kier alpha value is -1.99. The second-order valence-corrected chi connectivity index (χ2v) is 6.51. The van der Waals surface area contributed by atoms with Gasteiger partial charge in [-0.2, -0.15) is 0 Å². The summed E-state index contributed by atoms with van der Waals surface area (Å²) in [5.41, 5.74) is 7.66. The van der Waals surface area contributed by atoms with Gasteiger partial charge >= 0.3 is 0 Å². The summed E-state index contributed by atoms with van der Waals surface area (Å²) in [5, 5.41) is 5.75. The molecule has 22 heavy (non-hydrogen) atoms. The number of carbonyl (C=O) groups is 2. The Balaban J connectivity index is 1.94. The molecule has 0 fully saturated rings. The molecule has 0 spiro atoms. The molecule has 0 aliphatic heterocycles. The standard InChI is InChI=1S/C15H20N4O2S/c1-8(2)12(16)14(21)17-7-11(20)18-15-19-13-9(3)5-4-6-10(13)22-15/h4-6,8,12H,7,16H2,1-3H3,(H,17,21)(H,18,19,20)/t12-/m0/s1. The third kappa shape index (κ3) is 3.80. The molecule has 0 bridgehead atoms. The van der Waals surface area contributed by atoms with Crippen molar-refractivity contribution in [2.75, 3.05) is 11.9 Å². The summed E-state index contributed by atoms with van der Waals surface area (Å²) in [6.07, 6.45) is 0. The van der Waals surface area contributed by atoms with Gasteiger partial charge in [-0.05, 0) is 24.5 Å². The van der Waals surface area contributed by atoms with Gasteiger partial charge in [-0.25, -0.2) is 4.98 Å². The van der Waals surface area contributed by atoms with E-state index in [1.807, 2.05) is 39.0 Å². The van der Waals surface area contributed by atoms with E-state index in [2.05, 4.69) is 15.6 Å². The van der Waals surface area contributed by atoms with Crippen LogP contribution in [-0.4, -0.2) is 29.4 Å². The molecule has 6 nitrogen and oxygen atoms in total. The van der Waals surface area contributed by atoms with Crippen molar-refractivity contribution < 1.29 is 9.59 Å². The molecule has 4 N–H and O–H groups in total. The first-order valence-electron chi connectivity index (χ1n) is 7.07. The SMILES string of the molecule is Cc1cccc2sc(NC(=O)CNC(=O)[C@@H](N)C(C)C)nc12. The predicted octanol–water partition coefficient (Wildman–Crippen LogP) is 1.64. The van der Waals surface area contributed by atoms with E-state index in [4.69, 9.17) is 5.73 Å². The monoisotopic (exact) mass is 320 g/mol. The lowest BCUT2D eigenvalue weighted by atomic mass is 10.1. The third-order valence-electron chi connectivity index (χ3n) is 3.31. The van der Waals surface area contributed by atoms with Crippen molar-refractivity contribution in [3.05, 3.63) is 23.8 Å². The molecule has 2 rings (SSSR count). The summed E-state index contributed by atoms with van der Waals surface area (Å²) in [6.45, 7) is 5.57. The number of nitrogens with one attached hydrogen (secondary N) is 2. The molecule has 1 aromatic heterocycles. The van der Waals surface area contributed by atoms with Crippen LogP contribution in [0.15, 0.2) is 18.2 Å². The Morgan fingerprint density at radius 1 is 1.36 bits per heavy atom. The number of anilines is 1. The summed E-state index contributed by atoms with van der Waals surface area (Å²) in [5.74, 6) is -0.624. The van der Waals surface area contributed by atoms with E-state index >= 15 is 0 Å². The molecule has 0 aliphatic rings. The normalized spacial score (nSPS) is 12.4. The zero-order chi connectivity index (χ0) is 16.3. The zero-order valence-corrected chi connectivity index (χ0v) is 13.7. The van der Waals surface area contributed by atoms with Crippen molar-refractivity contribution >= 4 is 38.5 Å². The molecule has 0 aliphatic carbocycles. The Morgan fingerprint density at radius 2 is 2.09 bits per heavy atom. The maximum absolute atomic E-state index is 11.9. The summed E-state index contributed by atoms with van der Waals surface area (Å²) in [7, 11) is 0. The lowest BCUT2D eigenvalue weighted by Crippen LogP contribution is -2.46. The van der Waals surface area contributed by atoms with Crippen LogP contribution in [0.3, 0.4) is 0 Å². The third-order valence-corrected chi connectivity index (χ3v) is 4.25. The fourth-order valence-corrected chi connectivity index (χ4v) is 2.85. The van der Waals surface area contributed by atoms with Crippen molar-refractivity contribution in [3.8, 4) is 0 Å². The highest BCUT2D eigenvalue weighted by molar-refractivity contribution is 7.22. The van der Waals surface area contributed by atoms with Crippen LogP contribution < -0.4 is 16.4 Å². The Kier molecular flexibility index (Phi) is 5.10. The topological polar surface area (TPSA) is 97.1 Å². The number of nitrogens with two attached hydrogens (primary N) is 1. The fourth-order valence-electron chi connectivity index (χ4n) is 1.89. The number of fused-ring (bicyclic) bond motifs is 1. The van der Waals surface area contributed by atoms with E-state index in [0.717, 1.165) is 15.8 Å². The lowest BCUT2D eigenvalue weighted by Gasteiger charge is -2.14. The number of aryl methyl sites for hydroxylation is 1. The van der Waals surface area contributed by atoms with Gasteiger partial charge in [0.05, 0.1) is 22.8 Å². The lowest BCUT2D eigenvalue weighted by molar-refractivity contribution is -0.125. The number of hydrogen-bond donors (Lipinski definition) is 3. The molecular weight excluding hydrogens is 300 g/mol. The molecule has 1 atom stereocenters. The highest BCUT2D eigenvalue weighted by Crippen LogP contribution is 2.27. The molecule has 0 saturated carbocycles. The van der Waals surface area contributed by atoms with Gasteiger partial charge < -0.3 is 16.4 Å². The highest BCUT2D eigenvalue weighted by Gasteiger charge is 2.18. The van der Waals surface area contributed by atoms with E-state index < -0.39 is 6.04 Å². The Bertz CT molecular complexity index is 696. The maximum atomic E-state index is 11.9. The summed E-state index contributed by atoms with van der Waals surface area (Å²) in [6, 6.07) is 5.27. The van der Waals surface area contributed by atoms with Gasteiger partial charge in [-0.1, -0.05) is 37.3 Å². The van der Waals surface area contributed by atoms with Crippen LogP contribution in [0.2, 0.25) is 0 Å². The van der Waals surface area contributed by atoms with Crippen molar-refractivity contribution in [2.45, 2.75) is 26.8 Å². The van der Waals surface area contributed by atoms with E-state index in [1.165, 1.54) is 11.3 Å². The number of carbonyl (C=O) groups excluding carboxylic acids is 2. The summed E-state index contributed by atoms with van der Waals surface area (Å²) < 4.78 is 1.01. The van der Waals surface area contributed by atoms with Gasteiger partial charge in [0.25, 0.3) is 0 Å². The zero-order valence-electron chi connectivity index (χ0n) is 12.8. The van der Waals surface area contributed by atoms with Crippen LogP contribution in [0, 0.1) is 12.8 Å². The van der Waals surface area contributed by atoms with Crippen molar-refractivity contribution in [1.82, 2.24) is 10.3 Å². The van der Waals surface area contributed by atoms with E-state index in [9.17, 15) is 9.59 Å². The first-order chi connectivity index (χ1) is 10.4. The molecule has 2 aromatic rings. The minimum atomic E-state index is -0.613. The molecule has 0 saturated heterocycles. The average molecular weight is 320 g/mol. The van der Waals surface area contributed by atoms with E-state index in [1.54, 1.807) is 0 Å². The number of para-hydroxylation sites is 1. The van der Waals surface area contributed by atoms with Crippen LogP contribution in [-0.2, 0) is 9.59 Å². The smallest absolute Gasteiger partial charge is 0.245 e. The molecule has 1 aromatic carbocycles. The van der Waals surface area contributed by atoms with Crippen LogP contribution in [0.4, 0.5) is 5.13 Å². The van der Waals surface area contributed by atoms with Crippen molar-refractivity contribution in [3.63, 3.8) is 0 Å². The van der Waals surface area contributed by atoms with Crippen LogP contribution in [0.1, 0.15) is 19.4 Å². The number of aromatic nitrogens is 1. The van der Waals surface area contributed by atoms with Crippen molar-refractivity contribution in [2.24, 2.45) is 11.7 Å². The van der Waals surface area contributed by atoms with Crippen LogP contribution in [0.25, 0.3) is 10.2 Å².